The van der Waals surface area contributed by atoms with Crippen LogP contribution in [0.15, 0.2) is 18.2 Å². The Morgan fingerprint density at radius 2 is 2.20 bits per heavy atom. The van der Waals surface area contributed by atoms with Crippen LogP contribution in [0.25, 0.3) is 0 Å². The number of carboxylic acids is 1. The molecule has 0 saturated carbocycles. The minimum atomic E-state index is -1.26. The van der Waals surface area contributed by atoms with Crippen molar-refractivity contribution in [2.75, 3.05) is 0 Å². The van der Waals surface area contributed by atoms with Crippen molar-refractivity contribution >= 4 is 24.0 Å². The molecule has 0 aliphatic rings. The number of phenols is 1. The van der Waals surface area contributed by atoms with Crippen molar-refractivity contribution in [3.8, 4) is 5.75 Å². The second-order valence-corrected chi connectivity index (χ2v) is 3.11. The molecule has 1 atom stereocenters. The molecule has 6 heteroatoms. The monoisotopic (exact) mass is 229 g/mol. The van der Waals surface area contributed by atoms with Crippen molar-refractivity contribution in [3.63, 3.8) is 0 Å². The van der Waals surface area contributed by atoms with Crippen molar-refractivity contribution in [2.24, 2.45) is 0 Å². The molecule has 0 saturated heterocycles. The number of aliphatic carboxylic acids is 1. The van der Waals surface area contributed by atoms with E-state index < -0.39 is 12.0 Å². The Labute approximate surface area is 90.3 Å². The minimum absolute atomic E-state index is 0.0840. The molecule has 1 aromatic carbocycles. The summed E-state index contributed by atoms with van der Waals surface area (Å²) in [4.78, 5) is 21.0. The van der Waals surface area contributed by atoms with Crippen molar-refractivity contribution in [1.29, 1.82) is 0 Å². The molecule has 0 aromatic heterocycles. The average Bonchev–Trinajstić information content (AvgIpc) is 2.19. The van der Waals surface area contributed by atoms with E-state index in [0.717, 1.165) is 0 Å². The molecule has 0 radical (unpaired) electrons. The third-order valence-corrected chi connectivity index (χ3v) is 2.21. The summed E-state index contributed by atoms with van der Waals surface area (Å²) >= 11 is 5.70. The summed E-state index contributed by atoms with van der Waals surface area (Å²) in [6, 6.07) is 2.92. The Morgan fingerprint density at radius 1 is 1.53 bits per heavy atom. The van der Waals surface area contributed by atoms with Crippen LogP contribution in [0.5, 0.6) is 5.75 Å². The molecular weight excluding hydrogens is 222 g/mol. The van der Waals surface area contributed by atoms with Gasteiger partial charge in [-0.3, -0.25) is 4.79 Å². The predicted molar refractivity (Wildman–Crippen MR) is 52.7 cm³/mol. The summed E-state index contributed by atoms with van der Waals surface area (Å²) in [6.45, 7) is 0. The first-order chi connectivity index (χ1) is 7.07. The molecule has 0 bridgehead atoms. The lowest BCUT2D eigenvalue weighted by molar-refractivity contribution is -0.140. The van der Waals surface area contributed by atoms with Crippen molar-refractivity contribution in [3.05, 3.63) is 28.8 Å². The molecule has 1 rings (SSSR count). The number of phenolic OH excluding ortho intramolecular Hbond substituents is 1. The van der Waals surface area contributed by atoms with E-state index in [2.05, 4.69) is 5.32 Å². The van der Waals surface area contributed by atoms with E-state index in [0.29, 0.717) is 0 Å². The molecule has 1 amide bonds. The zero-order chi connectivity index (χ0) is 11.4. The van der Waals surface area contributed by atoms with Crippen LogP contribution in [0, 0.1) is 0 Å². The third kappa shape index (κ3) is 2.38. The van der Waals surface area contributed by atoms with Crippen LogP contribution in [0.3, 0.4) is 0 Å². The number of carbonyl (C=O) groups excluding carboxylic acids is 1. The van der Waals surface area contributed by atoms with E-state index in [4.69, 9.17) is 16.7 Å². The van der Waals surface area contributed by atoms with E-state index in [1.54, 1.807) is 0 Å². The van der Waals surface area contributed by atoms with Gasteiger partial charge in [0.05, 0.1) is 5.02 Å². The van der Waals surface area contributed by atoms with Gasteiger partial charge < -0.3 is 15.5 Å². The van der Waals surface area contributed by atoms with E-state index in [1.165, 1.54) is 18.2 Å². The lowest BCUT2D eigenvalue weighted by Gasteiger charge is -2.13. The molecule has 0 fully saturated rings. The highest BCUT2D eigenvalue weighted by atomic mass is 35.5. The number of rotatable bonds is 4. The van der Waals surface area contributed by atoms with Crippen LogP contribution in [0.1, 0.15) is 11.6 Å². The number of hydrogen-bond acceptors (Lipinski definition) is 3. The Morgan fingerprint density at radius 3 is 2.73 bits per heavy atom. The molecule has 3 N–H and O–H groups in total. The smallest absolute Gasteiger partial charge is 0.330 e. The highest BCUT2D eigenvalue weighted by Gasteiger charge is 2.22. The van der Waals surface area contributed by atoms with Crippen LogP contribution in [-0.2, 0) is 9.59 Å². The van der Waals surface area contributed by atoms with Gasteiger partial charge in [-0.2, -0.15) is 0 Å². The van der Waals surface area contributed by atoms with E-state index >= 15 is 0 Å². The van der Waals surface area contributed by atoms with E-state index in [-0.39, 0.29) is 22.7 Å². The summed E-state index contributed by atoms with van der Waals surface area (Å²) < 4.78 is 0. The van der Waals surface area contributed by atoms with Gasteiger partial charge in [0.2, 0.25) is 6.41 Å². The van der Waals surface area contributed by atoms with Gasteiger partial charge in [0.15, 0.2) is 6.04 Å². The SMILES string of the molecule is O=CNC(C(=O)O)c1cccc(O)c1Cl. The number of hydrogen-bond donors (Lipinski definition) is 3. The summed E-state index contributed by atoms with van der Waals surface area (Å²) in [5, 5.41) is 20.1. The van der Waals surface area contributed by atoms with Gasteiger partial charge in [0.25, 0.3) is 0 Å². The van der Waals surface area contributed by atoms with Crippen molar-refractivity contribution in [1.82, 2.24) is 5.32 Å². The molecule has 5 nitrogen and oxygen atoms in total. The normalized spacial score (nSPS) is 11.8. The van der Waals surface area contributed by atoms with Crippen LogP contribution >= 0.6 is 11.6 Å². The molecule has 0 aliphatic carbocycles. The fourth-order valence-electron chi connectivity index (χ4n) is 1.12. The van der Waals surface area contributed by atoms with Crippen LogP contribution < -0.4 is 5.32 Å². The van der Waals surface area contributed by atoms with Gasteiger partial charge >= 0.3 is 5.97 Å². The lowest BCUT2D eigenvalue weighted by atomic mass is 10.1. The van der Waals surface area contributed by atoms with Gasteiger partial charge in [-0.15, -0.1) is 0 Å². The summed E-state index contributed by atoms with van der Waals surface area (Å²) in [5.41, 5.74) is 0.135. The molecule has 80 valence electrons. The van der Waals surface area contributed by atoms with Gasteiger partial charge in [0, 0.05) is 5.56 Å². The highest BCUT2D eigenvalue weighted by Crippen LogP contribution is 2.30. The van der Waals surface area contributed by atoms with Gasteiger partial charge in [-0.05, 0) is 6.07 Å². The molecule has 0 aliphatic heterocycles. The number of nitrogens with one attached hydrogen (secondary N) is 1. The summed E-state index contributed by atoms with van der Waals surface area (Å²) in [7, 11) is 0. The summed E-state index contributed by atoms with van der Waals surface area (Å²) in [5.74, 6) is -1.48. The maximum absolute atomic E-state index is 10.8. The first kappa shape index (κ1) is 11.3. The average molecular weight is 230 g/mol. The maximum atomic E-state index is 10.8. The molecule has 1 aromatic rings. The zero-order valence-electron chi connectivity index (χ0n) is 7.48. The molecule has 1 unspecified atom stereocenters. The molecule has 15 heavy (non-hydrogen) atoms. The Kier molecular flexibility index (Phi) is 3.51. The number of halogens is 1. The van der Waals surface area contributed by atoms with E-state index in [9.17, 15) is 14.7 Å². The Balaban J connectivity index is 3.16. The lowest BCUT2D eigenvalue weighted by Crippen LogP contribution is -2.27. The van der Waals surface area contributed by atoms with Gasteiger partial charge in [0.1, 0.15) is 5.75 Å². The first-order valence-corrected chi connectivity index (χ1v) is 4.35. The zero-order valence-corrected chi connectivity index (χ0v) is 8.23. The second kappa shape index (κ2) is 4.65. The fourth-order valence-corrected chi connectivity index (χ4v) is 1.36. The summed E-state index contributed by atoms with van der Waals surface area (Å²) in [6.07, 6.45) is 0.263. The van der Waals surface area contributed by atoms with Crippen LogP contribution in [-0.4, -0.2) is 22.6 Å². The predicted octanol–water partition coefficient (Wildman–Crippen LogP) is 0.917. The molecule has 0 heterocycles. The fraction of sp³-hybridized carbons (Fsp3) is 0.111. The number of aromatic hydroxyl groups is 1. The Bertz CT molecular complexity index is 394. The van der Waals surface area contributed by atoms with Gasteiger partial charge in [-0.1, -0.05) is 23.7 Å². The van der Waals surface area contributed by atoms with Gasteiger partial charge in [-0.25, -0.2) is 4.79 Å². The number of amides is 1. The second-order valence-electron chi connectivity index (χ2n) is 2.74. The first-order valence-electron chi connectivity index (χ1n) is 3.97. The maximum Gasteiger partial charge on any atom is 0.330 e. The van der Waals surface area contributed by atoms with E-state index in [1.807, 2.05) is 0 Å². The third-order valence-electron chi connectivity index (χ3n) is 1.80. The topological polar surface area (TPSA) is 86.6 Å². The number of carbonyl (C=O) groups is 2. The van der Waals surface area contributed by atoms with Crippen molar-refractivity contribution in [2.45, 2.75) is 6.04 Å². The van der Waals surface area contributed by atoms with Crippen molar-refractivity contribution < 1.29 is 19.8 Å². The molecule has 0 spiro atoms. The quantitative estimate of drug-likeness (QED) is 0.670. The largest absolute Gasteiger partial charge is 0.506 e. The minimum Gasteiger partial charge on any atom is -0.506 e. The van der Waals surface area contributed by atoms with Crippen LogP contribution in [0.2, 0.25) is 5.02 Å². The molecular formula is C9H8ClNO4. The highest BCUT2D eigenvalue weighted by molar-refractivity contribution is 6.33. The number of benzene rings is 1. The number of carboxylic acid groups (broad SMARTS) is 1. The standard InChI is InChI=1S/C9H8ClNO4/c10-7-5(2-1-3-6(7)13)8(9(14)15)11-4-12/h1-4,8,13H,(H,11,12)(H,14,15). The Hall–Kier alpha value is -1.75. The van der Waals surface area contributed by atoms with Crippen LogP contribution in [0.4, 0.5) is 0 Å².